The molecule has 1 aromatic heterocycles. The van der Waals surface area contributed by atoms with Gasteiger partial charge in [-0.2, -0.15) is 4.98 Å². The highest BCUT2D eigenvalue weighted by molar-refractivity contribution is 5.85. The number of aromatic nitrogens is 2. The monoisotopic (exact) mass is 336 g/mol. The van der Waals surface area contributed by atoms with Crippen molar-refractivity contribution in [3.63, 3.8) is 0 Å². The molecule has 2 atom stereocenters. The van der Waals surface area contributed by atoms with E-state index in [-0.39, 0.29) is 24.6 Å². The van der Waals surface area contributed by atoms with Gasteiger partial charge in [0.15, 0.2) is 11.9 Å². The summed E-state index contributed by atoms with van der Waals surface area (Å²) in [5.74, 6) is 1.29. The first-order chi connectivity index (χ1) is 10.8. The lowest BCUT2D eigenvalue weighted by molar-refractivity contribution is 0.0475. The van der Waals surface area contributed by atoms with Crippen molar-refractivity contribution in [2.45, 2.75) is 18.6 Å². The quantitative estimate of drug-likeness (QED) is 0.901. The molecule has 0 spiro atoms. The van der Waals surface area contributed by atoms with E-state index in [9.17, 15) is 0 Å². The molecule has 0 bridgehead atoms. The van der Waals surface area contributed by atoms with Crippen LogP contribution in [-0.4, -0.2) is 48.3 Å². The van der Waals surface area contributed by atoms with Crippen molar-refractivity contribution in [1.29, 1.82) is 0 Å². The van der Waals surface area contributed by atoms with E-state index in [0.29, 0.717) is 12.5 Å². The second-order valence-corrected chi connectivity index (χ2v) is 5.89. The summed E-state index contributed by atoms with van der Waals surface area (Å²) in [6.45, 7) is 3.51. The molecule has 0 aliphatic carbocycles. The molecule has 1 aromatic carbocycles. The second-order valence-electron chi connectivity index (χ2n) is 5.89. The van der Waals surface area contributed by atoms with Crippen LogP contribution in [0.15, 0.2) is 28.8 Å². The summed E-state index contributed by atoms with van der Waals surface area (Å²) in [6, 6.07) is 8.46. The SMILES string of the molecule is CN1CCNCC1c1noc(C2OCCc3ccccc32)n1.Cl. The predicted molar refractivity (Wildman–Crippen MR) is 87.7 cm³/mol. The molecule has 3 heterocycles. The van der Waals surface area contributed by atoms with Gasteiger partial charge in [0.05, 0.1) is 12.6 Å². The summed E-state index contributed by atoms with van der Waals surface area (Å²) >= 11 is 0. The molecule has 1 fully saturated rings. The zero-order valence-corrected chi connectivity index (χ0v) is 13.9. The van der Waals surface area contributed by atoms with Crippen LogP contribution in [0.1, 0.15) is 35.0 Å². The maximum absolute atomic E-state index is 5.89. The van der Waals surface area contributed by atoms with Gasteiger partial charge in [-0.1, -0.05) is 29.4 Å². The molecule has 2 aromatic rings. The van der Waals surface area contributed by atoms with Crippen LogP contribution in [-0.2, 0) is 11.2 Å². The predicted octanol–water partition coefficient (Wildman–Crippen LogP) is 1.73. The average molecular weight is 337 g/mol. The van der Waals surface area contributed by atoms with E-state index in [1.54, 1.807) is 0 Å². The number of nitrogens with zero attached hydrogens (tertiary/aromatic N) is 3. The molecule has 0 saturated carbocycles. The number of rotatable bonds is 2. The van der Waals surface area contributed by atoms with E-state index in [4.69, 9.17) is 9.26 Å². The zero-order valence-electron chi connectivity index (χ0n) is 13.1. The Balaban J connectivity index is 0.00000156. The number of halogens is 1. The first-order valence-corrected chi connectivity index (χ1v) is 7.77. The minimum atomic E-state index is -0.243. The van der Waals surface area contributed by atoms with Gasteiger partial charge in [-0.25, -0.2) is 0 Å². The number of benzene rings is 1. The van der Waals surface area contributed by atoms with Crippen molar-refractivity contribution in [3.05, 3.63) is 47.1 Å². The van der Waals surface area contributed by atoms with Crippen molar-refractivity contribution in [2.75, 3.05) is 33.3 Å². The molecule has 2 unspecified atom stereocenters. The Morgan fingerprint density at radius 3 is 3.04 bits per heavy atom. The highest BCUT2D eigenvalue weighted by Crippen LogP contribution is 2.32. The number of fused-ring (bicyclic) bond motifs is 1. The number of likely N-dealkylation sites (N-methyl/N-ethyl adjacent to an activating group) is 1. The standard InChI is InChI=1S/C16H20N4O2.ClH/c1-20-8-7-17-10-13(20)15-18-16(22-19-15)14-12-5-3-2-4-11(12)6-9-21-14;/h2-5,13-14,17H,6-10H2,1H3;1H. The number of ether oxygens (including phenoxy) is 1. The normalized spacial score (nSPS) is 24.7. The smallest absolute Gasteiger partial charge is 0.260 e. The van der Waals surface area contributed by atoms with Gasteiger partial charge < -0.3 is 14.6 Å². The Kier molecular flexibility index (Phi) is 4.96. The van der Waals surface area contributed by atoms with Crippen molar-refractivity contribution < 1.29 is 9.26 Å². The number of hydrogen-bond donors (Lipinski definition) is 1. The minimum Gasteiger partial charge on any atom is -0.363 e. The second kappa shape index (κ2) is 6.97. The van der Waals surface area contributed by atoms with Crippen LogP contribution in [0.4, 0.5) is 0 Å². The molecule has 1 saturated heterocycles. The molecule has 0 amide bonds. The highest BCUT2D eigenvalue weighted by Gasteiger charge is 2.30. The van der Waals surface area contributed by atoms with E-state index < -0.39 is 0 Å². The van der Waals surface area contributed by atoms with E-state index in [2.05, 4.69) is 45.6 Å². The van der Waals surface area contributed by atoms with Crippen LogP contribution in [0.25, 0.3) is 0 Å². The van der Waals surface area contributed by atoms with Crippen LogP contribution in [0.5, 0.6) is 0 Å². The molecular weight excluding hydrogens is 316 g/mol. The maximum Gasteiger partial charge on any atom is 0.260 e. The van der Waals surface area contributed by atoms with Gasteiger partial charge >= 0.3 is 0 Å². The Morgan fingerprint density at radius 2 is 2.17 bits per heavy atom. The molecule has 23 heavy (non-hydrogen) atoms. The number of nitrogens with one attached hydrogen (secondary N) is 1. The van der Waals surface area contributed by atoms with Crippen LogP contribution < -0.4 is 5.32 Å². The van der Waals surface area contributed by atoms with E-state index in [0.717, 1.165) is 37.4 Å². The fourth-order valence-corrected chi connectivity index (χ4v) is 3.18. The Morgan fingerprint density at radius 1 is 1.30 bits per heavy atom. The first-order valence-electron chi connectivity index (χ1n) is 7.77. The van der Waals surface area contributed by atoms with Gasteiger partial charge in [-0.05, 0) is 24.6 Å². The fraction of sp³-hybridized carbons (Fsp3) is 0.500. The number of hydrogen-bond acceptors (Lipinski definition) is 6. The Hall–Kier alpha value is -1.47. The summed E-state index contributed by atoms with van der Waals surface area (Å²) in [6.07, 6.45) is 0.691. The van der Waals surface area contributed by atoms with Gasteiger partial charge in [0.2, 0.25) is 0 Å². The summed E-state index contributed by atoms with van der Waals surface area (Å²) in [7, 11) is 2.09. The summed E-state index contributed by atoms with van der Waals surface area (Å²) in [5.41, 5.74) is 2.44. The van der Waals surface area contributed by atoms with Crippen molar-refractivity contribution in [3.8, 4) is 0 Å². The Bertz CT molecular complexity index is 663. The van der Waals surface area contributed by atoms with Gasteiger partial charge in [0.1, 0.15) is 0 Å². The van der Waals surface area contributed by atoms with Crippen LogP contribution in [0.3, 0.4) is 0 Å². The summed E-state index contributed by atoms with van der Waals surface area (Å²) in [4.78, 5) is 6.87. The van der Waals surface area contributed by atoms with Crippen molar-refractivity contribution >= 4 is 12.4 Å². The number of piperazine rings is 1. The van der Waals surface area contributed by atoms with Gasteiger partial charge in [0, 0.05) is 19.6 Å². The Labute approximate surface area is 141 Å². The molecule has 6 nitrogen and oxygen atoms in total. The molecule has 1 N–H and O–H groups in total. The molecule has 4 rings (SSSR count). The third-order valence-electron chi connectivity index (χ3n) is 4.48. The molecular formula is C16H21ClN4O2. The van der Waals surface area contributed by atoms with Crippen LogP contribution in [0.2, 0.25) is 0 Å². The summed E-state index contributed by atoms with van der Waals surface area (Å²) in [5, 5.41) is 7.56. The largest absolute Gasteiger partial charge is 0.363 e. The van der Waals surface area contributed by atoms with Gasteiger partial charge in [-0.15, -0.1) is 12.4 Å². The zero-order chi connectivity index (χ0) is 14.9. The maximum atomic E-state index is 5.89. The third kappa shape index (κ3) is 3.12. The highest BCUT2D eigenvalue weighted by atomic mass is 35.5. The topological polar surface area (TPSA) is 63.4 Å². The van der Waals surface area contributed by atoms with Crippen LogP contribution in [0, 0.1) is 0 Å². The lowest BCUT2D eigenvalue weighted by atomic mass is 9.97. The van der Waals surface area contributed by atoms with Crippen molar-refractivity contribution in [1.82, 2.24) is 20.4 Å². The molecule has 0 radical (unpaired) electrons. The molecule has 2 aliphatic rings. The lowest BCUT2D eigenvalue weighted by Crippen LogP contribution is -2.44. The third-order valence-corrected chi connectivity index (χ3v) is 4.48. The lowest BCUT2D eigenvalue weighted by Gasteiger charge is -2.30. The minimum absolute atomic E-state index is 0. The first kappa shape index (κ1) is 16.4. The van der Waals surface area contributed by atoms with Crippen molar-refractivity contribution in [2.24, 2.45) is 0 Å². The molecule has 2 aliphatic heterocycles. The van der Waals surface area contributed by atoms with Gasteiger partial charge in [-0.3, -0.25) is 4.90 Å². The van der Waals surface area contributed by atoms with Gasteiger partial charge in [0.25, 0.3) is 5.89 Å². The van der Waals surface area contributed by atoms with E-state index in [1.807, 2.05) is 6.07 Å². The van der Waals surface area contributed by atoms with E-state index >= 15 is 0 Å². The average Bonchev–Trinajstić information content (AvgIpc) is 3.04. The fourth-order valence-electron chi connectivity index (χ4n) is 3.18. The van der Waals surface area contributed by atoms with E-state index in [1.165, 1.54) is 5.56 Å². The van der Waals surface area contributed by atoms with Crippen LogP contribution >= 0.6 is 12.4 Å². The summed E-state index contributed by atoms with van der Waals surface area (Å²) < 4.78 is 11.4. The molecule has 7 heteroatoms. The molecule has 124 valence electrons.